The third-order valence-electron chi connectivity index (χ3n) is 15.1. The molecule has 0 bridgehead atoms. The molecule has 3 atom stereocenters. The Morgan fingerprint density at radius 1 is 0.442 bits per heavy atom. The summed E-state index contributed by atoms with van der Waals surface area (Å²) in [5.74, 6) is -0.509. The van der Waals surface area contributed by atoms with Crippen molar-refractivity contribution < 1.29 is 37.3 Å². The normalized spacial score (nSPS) is 13.8. The van der Waals surface area contributed by atoms with Gasteiger partial charge in [0.05, 0.1) is 33.8 Å². The standard InChI is InChI=1S/C67H129N2O7P/c1-7-10-13-16-19-22-25-28-29-30-31-32-33-34-35-36-37-38-39-42-45-48-51-54-57-60-67(71)76-65(58-55-52-49-46-43-40-26-23-20-17-14-11-8-2)64(63-75-77(72,73)74-62-61-69(4,5)6)68-66(70)59-56-53-50-47-44-41-27-24-21-18-15-12-9-3/h28-29,41,44,55,58,64-65H,7-27,30-40,42-43,45-54,56-57,59-63H2,1-6H3,(H-,68,70,72,73)/p+1/b29-28+,44-41-,58-55-. The summed E-state index contributed by atoms with van der Waals surface area (Å²) in [5, 5.41) is 3.05. The number of amides is 1. The quantitative estimate of drug-likeness (QED) is 0.0205. The molecule has 10 heteroatoms. The highest BCUT2D eigenvalue weighted by Crippen LogP contribution is 2.43. The van der Waals surface area contributed by atoms with E-state index in [2.05, 4.69) is 50.4 Å². The molecule has 0 aliphatic rings. The zero-order valence-corrected chi connectivity index (χ0v) is 52.9. The first-order chi connectivity index (χ1) is 37.4. The predicted octanol–water partition coefficient (Wildman–Crippen LogP) is 20.7. The second-order valence-corrected chi connectivity index (χ2v) is 25.4. The maximum atomic E-state index is 13.5. The highest BCUT2D eigenvalue weighted by molar-refractivity contribution is 7.47. The molecule has 77 heavy (non-hydrogen) atoms. The van der Waals surface area contributed by atoms with E-state index in [4.69, 9.17) is 13.8 Å². The van der Waals surface area contributed by atoms with Gasteiger partial charge in [-0.15, -0.1) is 0 Å². The lowest BCUT2D eigenvalue weighted by atomic mass is 10.0. The molecule has 3 unspecified atom stereocenters. The lowest BCUT2D eigenvalue weighted by Crippen LogP contribution is -2.47. The molecule has 0 aromatic carbocycles. The molecular formula is C67H130N2O7P+. The highest BCUT2D eigenvalue weighted by atomic mass is 31.2. The molecule has 0 rings (SSSR count). The summed E-state index contributed by atoms with van der Waals surface area (Å²) in [7, 11) is 1.50. The van der Waals surface area contributed by atoms with E-state index in [9.17, 15) is 19.0 Å². The number of nitrogens with one attached hydrogen (secondary N) is 1. The molecule has 0 fully saturated rings. The summed E-state index contributed by atoms with van der Waals surface area (Å²) in [6.45, 7) is 7.03. The first-order valence-electron chi connectivity index (χ1n) is 33.3. The van der Waals surface area contributed by atoms with Crippen molar-refractivity contribution in [3.63, 3.8) is 0 Å². The van der Waals surface area contributed by atoms with Gasteiger partial charge in [0.1, 0.15) is 19.3 Å². The number of hydrogen-bond acceptors (Lipinski definition) is 6. The van der Waals surface area contributed by atoms with Crippen molar-refractivity contribution in [2.45, 2.75) is 341 Å². The maximum absolute atomic E-state index is 13.5. The van der Waals surface area contributed by atoms with Gasteiger partial charge in [-0.3, -0.25) is 18.6 Å². The third kappa shape index (κ3) is 58.7. The monoisotopic (exact) mass is 1110 g/mol. The van der Waals surface area contributed by atoms with E-state index >= 15 is 0 Å². The van der Waals surface area contributed by atoms with E-state index in [0.29, 0.717) is 23.9 Å². The van der Waals surface area contributed by atoms with Crippen molar-refractivity contribution in [2.24, 2.45) is 0 Å². The average Bonchev–Trinajstić information content (AvgIpc) is 3.39. The van der Waals surface area contributed by atoms with Gasteiger partial charge in [0.15, 0.2) is 0 Å². The smallest absolute Gasteiger partial charge is 0.456 e. The second-order valence-electron chi connectivity index (χ2n) is 24.0. The fourth-order valence-corrected chi connectivity index (χ4v) is 10.6. The number of quaternary nitrogens is 1. The number of esters is 1. The molecule has 1 amide bonds. The molecule has 0 heterocycles. The zero-order valence-electron chi connectivity index (χ0n) is 52.0. The fourth-order valence-electron chi connectivity index (χ4n) is 9.87. The number of unbranched alkanes of at least 4 members (excludes halogenated alkanes) is 41. The molecule has 0 aromatic heterocycles. The Hall–Kier alpha value is -1.77. The lowest BCUT2D eigenvalue weighted by molar-refractivity contribution is -0.870. The van der Waals surface area contributed by atoms with Gasteiger partial charge < -0.3 is 19.4 Å². The number of ether oxygens (including phenoxy) is 1. The van der Waals surface area contributed by atoms with Crippen LogP contribution in [0.5, 0.6) is 0 Å². The Kier molecular flexibility index (Phi) is 56.1. The summed E-state index contributed by atoms with van der Waals surface area (Å²) in [5.41, 5.74) is 0. The molecular weight excluding hydrogens is 976 g/mol. The molecule has 454 valence electrons. The summed E-state index contributed by atoms with van der Waals surface area (Å²) >= 11 is 0. The van der Waals surface area contributed by atoms with Crippen LogP contribution in [0, 0.1) is 0 Å². The van der Waals surface area contributed by atoms with Crippen LogP contribution in [0.3, 0.4) is 0 Å². The van der Waals surface area contributed by atoms with Gasteiger partial charge in [-0.05, 0) is 83.1 Å². The zero-order chi connectivity index (χ0) is 56.4. The van der Waals surface area contributed by atoms with E-state index in [-0.39, 0.29) is 25.1 Å². The van der Waals surface area contributed by atoms with Crippen molar-refractivity contribution >= 4 is 19.7 Å². The Morgan fingerprint density at radius 2 is 0.753 bits per heavy atom. The van der Waals surface area contributed by atoms with Crippen molar-refractivity contribution in [3.8, 4) is 0 Å². The van der Waals surface area contributed by atoms with Gasteiger partial charge in [-0.1, -0.05) is 269 Å². The van der Waals surface area contributed by atoms with E-state index in [1.54, 1.807) is 0 Å². The molecule has 0 radical (unpaired) electrons. The number of carbonyl (C=O) groups excluding carboxylic acids is 2. The number of phosphoric ester groups is 1. The maximum Gasteiger partial charge on any atom is 0.472 e. The summed E-state index contributed by atoms with van der Waals surface area (Å²) in [6, 6.07) is -0.852. The molecule has 0 aliphatic heterocycles. The highest BCUT2D eigenvalue weighted by Gasteiger charge is 2.30. The largest absolute Gasteiger partial charge is 0.472 e. The van der Waals surface area contributed by atoms with Crippen LogP contribution >= 0.6 is 7.82 Å². The van der Waals surface area contributed by atoms with E-state index in [1.807, 2.05) is 33.3 Å². The van der Waals surface area contributed by atoms with Gasteiger partial charge in [-0.2, -0.15) is 0 Å². The first kappa shape index (κ1) is 75.2. The number of hydrogen-bond donors (Lipinski definition) is 2. The van der Waals surface area contributed by atoms with Crippen LogP contribution in [0.2, 0.25) is 0 Å². The SMILES string of the molecule is CCCCCCCC/C=C\CCCCCC(=O)NC(COP(=O)(O)OCC[N+](C)(C)C)C(/C=C\CCCCCCCCCCCCC)OC(=O)CCCCCCCCCCCCCCCCC/C=C/CCCCCCCC. The molecule has 0 saturated heterocycles. The minimum atomic E-state index is -4.45. The van der Waals surface area contributed by atoms with Crippen molar-refractivity contribution in [1.29, 1.82) is 0 Å². The lowest BCUT2D eigenvalue weighted by Gasteiger charge is -2.27. The fraction of sp³-hybridized carbons (Fsp3) is 0.881. The van der Waals surface area contributed by atoms with Crippen LogP contribution in [0.25, 0.3) is 0 Å². The third-order valence-corrected chi connectivity index (χ3v) is 16.0. The molecule has 0 saturated carbocycles. The second kappa shape index (κ2) is 57.5. The minimum absolute atomic E-state index is 0.0398. The molecule has 0 aromatic rings. The average molecular weight is 1110 g/mol. The Bertz CT molecular complexity index is 1410. The van der Waals surface area contributed by atoms with Gasteiger partial charge in [0.2, 0.25) is 5.91 Å². The number of rotatable bonds is 61. The minimum Gasteiger partial charge on any atom is -0.456 e. The van der Waals surface area contributed by atoms with Gasteiger partial charge in [0.25, 0.3) is 0 Å². The van der Waals surface area contributed by atoms with E-state index in [0.717, 1.165) is 70.6 Å². The van der Waals surface area contributed by atoms with Crippen LogP contribution in [0.1, 0.15) is 329 Å². The Balaban J connectivity index is 5.07. The van der Waals surface area contributed by atoms with Gasteiger partial charge in [-0.25, -0.2) is 4.57 Å². The molecule has 9 nitrogen and oxygen atoms in total. The van der Waals surface area contributed by atoms with Gasteiger partial charge >= 0.3 is 13.8 Å². The Labute approximate surface area is 478 Å². The molecule has 0 aliphatic carbocycles. The van der Waals surface area contributed by atoms with Crippen LogP contribution < -0.4 is 5.32 Å². The number of carbonyl (C=O) groups is 2. The van der Waals surface area contributed by atoms with Crippen LogP contribution in [-0.4, -0.2) is 74.3 Å². The number of phosphoric acid groups is 1. The number of nitrogens with zero attached hydrogens (tertiary/aromatic N) is 1. The van der Waals surface area contributed by atoms with Gasteiger partial charge in [0, 0.05) is 12.8 Å². The summed E-state index contributed by atoms with van der Waals surface area (Å²) in [6.07, 6.45) is 70.1. The van der Waals surface area contributed by atoms with E-state index in [1.165, 1.54) is 225 Å². The van der Waals surface area contributed by atoms with E-state index < -0.39 is 20.0 Å². The summed E-state index contributed by atoms with van der Waals surface area (Å²) < 4.78 is 30.7. The van der Waals surface area contributed by atoms with Crippen molar-refractivity contribution in [3.05, 3.63) is 36.5 Å². The van der Waals surface area contributed by atoms with Crippen molar-refractivity contribution in [2.75, 3.05) is 40.9 Å². The summed E-state index contributed by atoms with van der Waals surface area (Å²) in [4.78, 5) is 37.7. The predicted molar refractivity (Wildman–Crippen MR) is 332 cm³/mol. The molecule has 0 spiro atoms. The number of allylic oxidation sites excluding steroid dienone is 5. The van der Waals surface area contributed by atoms with Crippen LogP contribution in [0.15, 0.2) is 36.5 Å². The van der Waals surface area contributed by atoms with Crippen molar-refractivity contribution in [1.82, 2.24) is 5.32 Å². The molecule has 2 N–H and O–H groups in total. The first-order valence-corrected chi connectivity index (χ1v) is 34.8. The topological polar surface area (TPSA) is 111 Å². The van der Waals surface area contributed by atoms with Crippen LogP contribution in [-0.2, 0) is 27.9 Å². The Morgan fingerprint density at radius 3 is 1.12 bits per heavy atom. The number of likely N-dealkylation sites (N-methyl/N-ethyl adjacent to an activating group) is 1. The van der Waals surface area contributed by atoms with Crippen LogP contribution in [0.4, 0.5) is 0 Å².